The Morgan fingerprint density at radius 2 is 1.62 bits per heavy atom. The van der Waals surface area contributed by atoms with Gasteiger partial charge in [-0.1, -0.05) is 12.1 Å². The van der Waals surface area contributed by atoms with Gasteiger partial charge in [-0.05, 0) is 73.1 Å². The van der Waals surface area contributed by atoms with Crippen LogP contribution in [-0.2, 0) is 6.18 Å². The highest BCUT2D eigenvalue weighted by atomic mass is 32.2. The van der Waals surface area contributed by atoms with Crippen molar-refractivity contribution in [3.8, 4) is 11.1 Å². The first-order chi connectivity index (χ1) is 12.5. The first-order valence-corrected chi connectivity index (χ1v) is 8.62. The van der Waals surface area contributed by atoms with E-state index in [9.17, 15) is 13.2 Å². The lowest BCUT2D eigenvalue weighted by Crippen LogP contribution is -2.04. The third-order valence-electron chi connectivity index (χ3n) is 3.67. The number of nitrogens with zero attached hydrogens (tertiary/aromatic N) is 1. The maximum atomic E-state index is 12.7. The molecule has 0 unspecified atom stereocenters. The number of rotatable bonds is 5. The zero-order chi connectivity index (χ0) is 18.6. The summed E-state index contributed by atoms with van der Waals surface area (Å²) in [5, 5.41) is 3.09. The molecule has 0 aliphatic carbocycles. The molecule has 134 valence electrons. The fraction of sp³-hybridized carbons (Fsp3) is 0.105. The normalized spacial score (nSPS) is 11.4. The van der Waals surface area contributed by atoms with Crippen molar-refractivity contribution in [2.75, 3.05) is 12.4 Å². The molecule has 7 heteroatoms. The number of aromatic nitrogens is 1. The first kappa shape index (κ1) is 18.3. The molecule has 0 aliphatic heterocycles. The molecule has 0 saturated heterocycles. The Kier molecular flexibility index (Phi) is 5.49. The number of anilines is 2. The number of hydrogen-bond acceptors (Lipinski definition) is 4. The van der Waals surface area contributed by atoms with E-state index in [-0.39, 0.29) is 0 Å². The average Bonchev–Trinajstić information content (AvgIpc) is 2.63. The first-order valence-electron chi connectivity index (χ1n) is 7.81. The van der Waals surface area contributed by atoms with Crippen LogP contribution in [0, 0.1) is 0 Å². The van der Waals surface area contributed by atoms with Crippen LogP contribution in [0.2, 0.25) is 0 Å². The van der Waals surface area contributed by atoms with E-state index in [2.05, 4.69) is 15.0 Å². The Labute approximate surface area is 153 Å². The summed E-state index contributed by atoms with van der Waals surface area (Å²) >= 11 is 1.52. The van der Waals surface area contributed by atoms with Gasteiger partial charge in [0.15, 0.2) is 0 Å². The van der Waals surface area contributed by atoms with Crippen molar-refractivity contribution in [1.82, 2.24) is 9.71 Å². The lowest BCUT2D eigenvalue weighted by Gasteiger charge is -2.12. The number of halogens is 3. The van der Waals surface area contributed by atoms with Crippen LogP contribution < -0.4 is 10.0 Å². The van der Waals surface area contributed by atoms with Gasteiger partial charge in [-0.15, -0.1) is 0 Å². The molecule has 0 atom stereocenters. The zero-order valence-electron chi connectivity index (χ0n) is 13.8. The Balaban J connectivity index is 1.85. The molecule has 0 spiro atoms. The van der Waals surface area contributed by atoms with Crippen LogP contribution in [0.1, 0.15) is 5.56 Å². The third-order valence-corrected chi connectivity index (χ3v) is 4.38. The van der Waals surface area contributed by atoms with Crippen LogP contribution >= 0.6 is 11.9 Å². The molecule has 3 rings (SSSR count). The zero-order valence-corrected chi connectivity index (χ0v) is 14.7. The molecule has 0 aliphatic rings. The third kappa shape index (κ3) is 4.36. The fourth-order valence-electron chi connectivity index (χ4n) is 2.44. The van der Waals surface area contributed by atoms with Gasteiger partial charge in [0.25, 0.3) is 0 Å². The van der Waals surface area contributed by atoms with E-state index in [4.69, 9.17) is 0 Å². The van der Waals surface area contributed by atoms with Crippen molar-refractivity contribution in [2.45, 2.75) is 11.1 Å². The van der Waals surface area contributed by atoms with Crippen LogP contribution in [-0.4, -0.2) is 12.0 Å². The quantitative estimate of drug-likeness (QED) is 0.558. The molecule has 3 nitrogen and oxygen atoms in total. The van der Waals surface area contributed by atoms with E-state index in [1.165, 1.54) is 24.1 Å². The minimum absolute atomic E-state index is 0.542. The van der Waals surface area contributed by atoms with Gasteiger partial charge in [0, 0.05) is 22.3 Å². The molecule has 1 heterocycles. The van der Waals surface area contributed by atoms with Crippen LogP contribution in [0.5, 0.6) is 0 Å². The minimum atomic E-state index is -4.35. The van der Waals surface area contributed by atoms with Crippen molar-refractivity contribution in [3.05, 3.63) is 72.4 Å². The molecule has 2 N–H and O–H groups in total. The Morgan fingerprint density at radius 1 is 0.923 bits per heavy atom. The monoisotopic (exact) mass is 375 g/mol. The molecule has 1 aromatic heterocycles. The summed E-state index contributed by atoms with van der Waals surface area (Å²) in [6.07, 6.45) is -2.71. The predicted octanol–water partition coefficient (Wildman–Crippen LogP) is 5.74. The number of benzene rings is 2. The van der Waals surface area contributed by atoms with Crippen LogP contribution in [0.4, 0.5) is 24.7 Å². The summed E-state index contributed by atoms with van der Waals surface area (Å²) in [5.74, 6) is 0.585. The molecule has 0 radical (unpaired) electrons. The summed E-state index contributed by atoms with van der Waals surface area (Å²) in [4.78, 5) is 5.41. The highest BCUT2D eigenvalue weighted by Crippen LogP contribution is 2.32. The van der Waals surface area contributed by atoms with Crippen molar-refractivity contribution in [2.24, 2.45) is 0 Å². The van der Waals surface area contributed by atoms with Gasteiger partial charge in [-0.25, -0.2) is 4.98 Å². The number of pyridine rings is 1. The van der Waals surface area contributed by atoms with Gasteiger partial charge in [0.2, 0.25) is 0 Å². The summed E-state index contributed by atoms with van der Waals surface area (Å²) in [6.45, 7) is 0. The van der Waals surface area contributed by atoms with Gasteiger partial charge in [0.05, 0.1) is 5.56 Å². The maximum absolute atomic E-state index is 12.7. The molecular weight excluding hydrogens is 359 g/mol. The van der Waals surface area contributed by atoms with Gasteiger partial charge in [0.1, 0.15) is 5.82 Å². The number of alkyl halides is 3. The smallest absolute Gasteiger partial charge is 0.340 e. The minimum Gasteiger partial charge on any atom is -0.340 e. The van der Waals surface area contributed by atoms with Gasteiger partial charge < -0.3 is 5.32 Å². The molecule has 2 aromatic carbocycles. The van der Waals surface area contributed by atoms with Crippen LogP contribution in [0.15, 0.2) is 71.8 Å². The maximum Gasteiger partial charge on any atom is 0.416 e. The second-order valence-corrected chi connectivity index (χ2v) is 6.51. The molecular formula is C19H16F3N3S. The molecule has 0 amide bonds. The van der Waals surface area contributed by atoms with E-state index < -0.39 is 11.7 Å². The van der Waals surface area contributed by atoms with E-state index in [1.54, 1.807) is 6.20 Å². The Hall–Kier alpha value is -2.51. The van der Waals surface area contributed by atoms with E-state index >= 15 is 0 Å². The van der Waals surface area contributed by atoms with Crippen molar-refractivity contribution < 1.29 is 13.2 Å². The predicted molar refractivity (Wildman–Crippen MR) is 99.3 cm³/mol. The number of hydrogen-bond donors (Lipinski definition) is 2. The SMILES string of the molecule is CNSc1ccc(-c2cccnc2Nc2ccc(C(F)(F)F)cc2)cc1. The molecule has 26 heavy (non-hydrogen) atoms. The standard InChI is InChI=1S/C19H16F3N3S/c1-23-26-16-10-4-13(5-11-16)17-3-2-12-24-18(17)25-15-8-6-14(7-9-15)19(20,21)22/h2-12,23H,1H3,(H,24,25). The summed E-state index contributed by atoms with van der Waals surface area (Å²) in [6, 6.07) is 16.6. The van der Waals surface area contributed by atoms with E-state index in [0.29, 0.717) is 11.5 Å². The number of nitrogens with one attached hydrogen (secondary N) is 2. The van der Waals surface area contributed by atoms with E-state index in [1.807, 2.05) is 43.4 Å². The average molecular weight is 375 g/mol. The van der Waals surface area contributed by atoms with E-state index in [0.717, 1.165) is 28.2 Å². The lowest BCUT2D eigenvalue weighted by atomic mass is 10.1. The lowest BCUT2D eigenvalue weighted by molar-refractivity contribution is -0.137. The highest BCUT2D eigenvalue weighted by molar-refractivity contribution is 7.97. The van der Waals surface area contributed by atoms with Gasteiger partial charge in [-0.3, -0.25) is 4.72 Å². The van der Waals surface area contributed by atoms with Gasteiger partial charge >= 0.3 is 6.18 Å². The largest absolute Gasteiger partial charge is 0.416 e. The van der Waals surface area contributed by atoms with Crippen molar-refractivity contribution in [1.29, 1.82) is 0 Å². The van der Waals surface area contributed by atoms with Crippen LogP contribution in [0.3, 0.4) is 0 Å². The summed E-state index contributed by atoms with van der Waals surface area (Å²) in [7, 11) is 1.85. The molecule has 3 aromatic rings. The van der Waals surface area contributed by atoms with Crippen molar-refractivity contribution >= 4 is 23.5 Å². The van der Waals surface area contributed by atoms with Crippen molar-refractivity contribution in [3.63, 3.8) is 0 Å². The molecule has 0 bridgehead atoms. The second kappa shape index (κ2) is 7.80. The highest BCUT2D eigenvalue weighted by Gasteiger charge is 2.29. The summed E-state index contributed by atoms with van der Waals surface area (Å²) in [5.41, 5.74) is 1.70. The topological polar surface area (TPSA) is 37.0 Å². The summed E-state index contributed by atoms with van der Waals surface area (Å²) < 4.78 is 41.1. The second-order valence-electron chi connectivity index (χ2n) is 5.43. The van der Waals surface area contributed by atoms with Gasteiger partial charge in [-0.2, -0.15) is 13.2 Å². The molecule has 0 saturated carbocycles. The Bertz CT molecular complexity index is 862. The van der Waals surface area contributed by atoms with Crippen LogP contribution in [0.25, 0.3) is 11.1 Å². The fourth-order valence-corrected chi connectivity index (χ4v) is 2.95. The Morgan fingerprint density at radius 3 is 2.23 bits per heavy atom. The molecule has 0 fully saturated rings.